The molecule has 5 atom stereocenters. The van der Waals surface area contributed by atoms with Crippen molar-refractivity contribution in [3.05, 3.63) is 35.4 Å². The van der Waals surface area contributed by atoms with Gasteiger partial charge in [-0.15, -0.1) is 0 Å². The molecule has 0 saturated heterocycles. The van der Waals surface area contributed by atoms with Crippen LogP contribution in [0.25, 0.3) is 0 Å². The summed E-state index contributed by atoms with van der Waals surface area (Å²) in [6, 6.07) is 5.64. The molecule has 0 heterocycles. The molecule has 3 saturated carbocycles. The van der Waals surface area contributed by atoms with Crippen molar-refractivity contribution in [3.63, 3.8) is 0 Å². The van der Waals surface area contributed by atoms with Crippen LogP contribution in [0.4, 0.5) is 0 Å². The van der Waals surface area contributed by atoms with Gasteiger partial charge in [0, 0.05) is 31.3 Å². The number of phenols is 6. The van der Waals surface area contributed by atoms with Crippen molar-refractivity contribution in [2.75, 3.05) is 14.2 Å². The molecule has 2 aromatic carbocycles. The van der Waals surface area contributed by atoms with E-state index in [2.05, 4.69) is 0 Å². The lowest BCUT2D eigenvalue weighted by molar-refractivity contribution is -0.0817. The second-order valence-corrected chi connectivity index (χ2v) is 7.45. The second-order valence-electron chi connectivity index (χ2n) is 7.45. The normalized spacial score (nSPS) is 30.9. The predicted molar refractivity (Wildman–Crippen MR) is 97.0 cm³/mol. The van der Waals surface area contributed by atoms with E-state index in [1.54, 1.807) is 0 Å². The molecule has 2 bridgehead atoms. The Balaban J connectivity index is 1.88. The van der Waals surface area contributed by atoms with Gasteiger partial charge in [0.15, 0.2) is 23.0 Å². The number of fused-ring (bicyclic) bond motifs is 1. The van der Waals surface area contributed by atoms with Gasteiger partial charge in [-0.05, 0) is 24.5 Å². The maximum absolute atomic E-state index is 10.5. The summed E-state index contributed by atoms with van der Waals surface area (Å²) < 4.78 is 11.5. The fourth-order valence-corrected chi connectivity index (χ4v) is 5.32. The predicted octanol–water partition coefficient (Wildman–Crippen LogP) is 2.01. The summed E-state index contributed by atoms with van der Waals surface area (Å²) in [6.07, 6.45) is -0.423. The third-order valence-electron chi connectivity index (χ3n) is 6.42. The summed E-state index contributed by atoms with van der Waals surface area (Å²) in [4.78, 5) is 0. The third-order valence-corrected chi connectivity index (χ3v) is 6.42. The third kappa shape index (κ3) is 2.07. The van der Waals surface area contributed by atoms with Gasteiger partial charge in [0.05, 0.1) is 17.6 Å². The molecule has 5 unspecified atom stereocenters. The van der Waals surface area contributed by atoms with Crippen molar-refractivity contribution in [2.24, 2.45) is 5.92 Å². The Labute approximate surface area is 160 Å². The molecule has 0 spiro atoms. The average Bonchev–Trinajstić information content (AvgIpc) is 3.13. The largest absolute Gasteiger partial charge is 0.504 e. The molecular weight excluding hydrogens is 368 g/mol. The van der Waals surface area contributed by atoms with Gasteiger partial charge in [-0.1, -0.05) is 12.1 Å². The van der Waals surface area contributed by atoms with E-state index in [1.165, 1.54) is 38.5 Å². The fourth-order valence-electron chi connectivity index (χ4n) is 5.32. The zero-order chi connectivity index (χ0) is 20.4. The molecule has 0 radical (unpaired) electrons. The maximum atomic E-state index is 10.5. The summed E-state index contributed by atoms with van der Waals surface area (Å²) in [5, 5.41) is 60.2. The number of phenolic OH excluding ortho intramolecular Hbond substituents is 6. The Bertz CT molecular complexity index is 942. The number of rotatable bonds is 4. The summed E-state index contributed by atoms with van der Waals surface area (Å²) in [6.45, 7) is 0. The number of ether oxygens (including phenoxy) is 2. The van der Waals surface area contributed by atoms with Gasteiger partial charge in [-0.25, -0.2) is 0 Å². The molecule has 0 aliphatic heterocycles. The summed E-state index contributed by atoms with van der Waals surface area (Å²) in [5.74, 6) is -3.45. The first kappa shape index (κ1) is 18.5. The van der Waals surface area contributed by atoms with E-state index >= 15 is 0 Å². The van der Waals surface area contributed by atoms with Crippen molar-refractivity contribution in [1.82, 2.24) is 0 Å². The first-order valence-electron chi connectivity index (χ1n) is 8.83. The minimum Gasteiger partial charge on any atom is -0.504 e. The molecule has 150 valence electrons. The van der Waals surface area contributed by atoms with Crippen LogP contribution in [0.5, 0.6) is 34.5 Å². The van der Waals surface area contributed by atoms with Gasteiger partial charge in [0.25, 0.3) is 0 Å². The van der Waals surface area contributed by atoms with Crippen LogP contribution in [0.1, 0.15) is 23.5 Å². The van der Waals surface area contributed by atoms with Crippen LogP contribution >= 0.6 is 0 Å². The van der Waals surface area contributed by atoms with Crippen molar-refractivity contribution in [2.45, 2.75) is 30.0 Å². The van der Waals surface area contributed by atoms with Gasteiger partial charge in [0.1, 0.15) is 0 Å². The molecule has 8 heteroatoms. The Kier molecular flexibility index (Phi) is 4.02. The summed E-state index contributed by atoms with van der Waals surface area (Å²) in [5.41, 5.74) is -0.0487. The number of benzene rings is 2. The van der Waals surface area contributed by atoms with Gasteiger partial charge in [-0.2, -0.15) is 0 Å². The Morgan fingerprint density at radius 3 is 1.93 bits per heavy atom. The van der Waals surface area contributed by atoms with Crippen LogP contribution in [-0.2, 0) is 14.9 Å². The highest BCUT2D eigenvalue weighted by molar-refractivity contribution is 5.61. The zero-order valence-corrected chi connectivity index (χ0v) is 15.3. The standard InChI is InChI=1S/C20H22O8/c1-27-18-9-7-20(18,10-4-6-12(22)17(26)15(10)24)19(28-2)13(9)8-3-5-11(21)16(25)14(8)23/h3-6,9,13,18-19,21-26H,7H2,1-2H3. The smallest absolute Gasteiger partial charge is 0.200 e. The van der Waals surface area contributed by atoms with Gasteiger partial charge in [0.2, 0.25) is 11.5 Å². The average molecular weight is 390 g/mol. The lowest BCUT2D eigenvalue weighted by Crippen LogP contribution is -2.54. The molecule has 5 rings (SSSR count). The molecule has 0 aromatic heterocycles. The number of methoxy groups -OCH3 is 2. The Hall–Kier alpha value is -2.84. The van der Waals surface area contributed by atoms with Crippen LogP contribution in [0.2, 0.25) is 0 Å². The first-order chi connectivity index (χ1) is 13.3. The highest BCUT2D eigenvalue weighted by Gasteiger charge is 2.72. The van der Waals surface area contributed by atoms with E-state index in [1.807, 2.05) is 0 Å². The minimum absolute atomic E-state index is 0.0971. The number of hydrogen-bond acceptors (Lipinski definition) is 8. The molecule has 3 aliphatic rings. The number of aromatic hydroxyl groups is 6. The quantitative estimate of drug-likeness (QED) is 0.436. The van der Waals surface area contributed by atoms with Crippen LogP contribution in [0.15, 0.2) is 24.3 Å². The topological polar surface area (TPSA) is 140 Å². The van der Waals surface area contributed by atoms with Crippen LogP contribution in [-0.4, -0.2) is 57.1 Å². The zero-order valence-electron chi connectivity index (χ0n) is 15.3. The van der Waals surface area contributed by atoms with E-state index in [-0.39, 0.29) is 5.92 Å². The van der Waals surface area contributed by atoms with E-state index in [0.717, 1.165) is 0 Å². The summed E-state index contributed by atoms with van der Waals surface area (Å²) in [7, 11) is 3.04. The molecular formula is C20H22O8. The maximum Gasteiger partial charge on any atom is 0.200 e. The van der Waals surface area contributed by atoms with E-state index in [0.29, 0.717) is 17.5 Å². The molecule has 8 nitrogen and oxygen atoms in total. The van der Waals surface area contributed by atoms with Gasteiger partial charge >= 0.3 is 0 Å². The number of hydrogen-bond donors (Lipinski definition) is 6. The Morgan fingerprint density at radius 1 is 0.750 bits per heavy atom. The first-order valence-corrected chi connectivity index (χ1v) is 8.83. The summed E-state index contributed by atoms with van der Waals surface area (Å²) >= 11 is 0. The molecule has 28 heavy (non-hydrogen) atoms. The van der Waals surface area contributed by atoms with Crippen molar-refractivity contribution in [1.29, 1.82) is 0 Å². The Morgan fingerprint density at radius 2 is 1.32 bits per heavy atom. The molecule has 3 aliphatic carbocycles. The monoisotopic (exact) mass is 390 g/mol. The lowest BCUT2D eigenvalue weighted by Gasteiger charge is -2.48. The van der Waals surface area contributed by atoms with Gasteiger partial charge in [-0.3, -0.25) is 0 Å². The van der Waals surface area contributed by atoms with Gasteiger partial charge < -0.3 is 40.1 Å². The van der Waals surface area contributed by atoms with Crippen LogP contribution < -0.4 is 0 Å². The van der Waals surface area contributed by atoms with E-state index < -0.39 is 58.0 Å². The molecule has 6 N–H and O–H groups in total. The van der Waals surface area contributed by atoms with Crippen LogP contribution in [0.3, 0.4) is 0 Å². The lowest BCUT2D eigenvalue weighted by atomic mass is 9.61. The fraction of sp³-hybridized carbons (Fsp3) is 0.400. The van der Waals surface area contributed by atoms with Crippen molar-refractivity contribution in [3.8, 4) is 34.5 Å². The van der Waals surface area contributed by atoms with Crippen molar-refractivity contribution >= 4 is 0 Å². The van der Waals surface area contributed by atoms with E-state index in [9.17, 15) is 30.6 Å². The van der Waals surface area contributed by atoms with E-state index in [4.69, 9.17) is 9.47 Å². The molecule has 0 amide bonds. The van der Waals surface area contributed by atoms with Crippen LogP contribution in [0, 0.1) is 5.92 Å². The molecule has 2 aromatic rings. The minimum atomic E-state index is -0.825. The molecule has 3 fully saturated rings. The van der Waals surface area contributed by atoms with Crippen molar-refractivity contribution < 1.29 is 40.1 Å². The highest BCUT2D eigenvalue weighted by Crippen LogP contribution is 2.70. The SMILES string of the molecule is COC1C2CC1(c1ccc(O)c(O)c1O)C(OC)C2c1ccc(O)c(O)c1O. The highest BCUT2D eigenvalue weighted by atomic mass is 16.5. The second kappa shape index (κ2) is 6.08.